The van der Waals surface area contributed by atoms with E-state index in [1.807, 2.05) is 48.5 Å². The normalized spacial score (nSPS) is 10.9. The molecule has 7 nitrogen and oxygen atoms in total. The molecule has 3 aromatic rings. The van der Waals surface area contributed by atoms with Crippen LogP contribution in [0.5, 0.6) is 5.75 Å². The van der Waals surface area contributed by atoms with Gasteiger partial charge in [-0.25, -0.2) is 10.9 Å². The summed E-state index contributed by atoms with van der Waals surface area (Å²) < 4.78 is 7.23. The van der Waals surface area contributed by atoms with E-state index >= 15 is 0 Å². The van der Waals surface area contributed by atoms with Crippen LogP contribution in [0.15, 0.2) is 91.9 Å². The minimum atomic E-state index is -0.463. The summed E-state index contributed by atoms with van der Waals surface area (Å²) >= 11 is 6.82. The Hall–Kier alpha value is -3.30. The number of para-hydroxylation sites is 1. The van der Waals surface area contributed by atoms with Crippen LogP contribution in [-0.4, -0.2) is 30.9 Å². The molecule has 0 aromatic heterocycles. The number of nitrogens with one attached hydrogen (secondary N) is 2. The molecule has 0 spiro atoms. The average molecular weight is 558 g/mol. The molecule has 0 heterocycles. The molecule has 0 fully saturated rings. The Morgan fingerprint density at radius 1 is 0.781 bits per heavy atom. The number of hydrogen-bond acceptors (Lipinski definition) is 5. The molecule has 0 aliphatic carbocycles. The molecule has 0 radical (unpaired) electrons. The molecule has 0 saturated carbocycles. The van der Waals surface area contributed by atoms with E-state index in [1.54, 1.807) is 24.3 Å². The van der Waals surface area contributed by atoms with Crippen LogP contribution in [0.25, 0.3) is 0 Å². The van der Waals surface area contributed by atoms with Crippen molar-refractivity contribution >= 4 is 56.1 Å². The molecule has 3 aromatic carbocycles. The van der Waals surface area contributed by atoms with Gasteiger partial charge in [-0.15, -0.1) is 0 Å². The maximum absolute atomic E-state index is 12.5. The summed E-state index contributed by atoms with van der Waals surface area (Å²) in [6.45, 7) is -0.308. The fraction of sp³-hybridized carbons (Fsp3) is 0.0435. The van der Waals surface area contributed by atoms with Crippen molar-refractivity contribution < 1.29 is 14.3 Å². The molecule has 0 bridgehead atoms. The van der Waals surface area contributed by atoms with E-state index < -0.39 is 11.8 Å². The number of carbonyl (C=O) groups excluding carboxylic acids is 2. The first-order chi connectivity index (χ1) is 15.5. The van der Waals surface area contributed by atoms with Gasteiger partial charge in [-0.05, 0) is 24.3 Å². The number of ether oxygens (including phenoxy) is 1. The number of amides is 2. The Morgan fingerprint density at radius 3 is 1.94 bits per heavy atom. The molecular formula is C23H18Br2N4O3. The quantitative estimate of drug-likeness (QED) is 0.315. The summed E-state index contributed by atoms with van der Waals surface area (Å²) in [5, 5.41) is 7.89. The van der Waals surface area contributed by atoms with Gasteiger partial charge in [0, 0.05) is 20.1 Å². The molecule has 0 aliphatic heterocycles. The zero-order valence-corrected chi connectivity index (χ0v) is 19.8. The lowest BCUT2D eigenvalue weighted by Gasteiger charge is -2.09. The van der Waals surface area contributed by atoms with Gasteiger partial charge >= 0.3 is 0 Å². The predicted molar refractivity (Wildman–Crippen MR) is 131 cm³/mol. The third-order valence-electron chi connectivity index (χ3n) is 4.06. The van der Waals surface area contributed by atoms with Crippen LogP contribution in [0, 0.1) is 0 Å². The smallest absolute Gasteiger partial charge is 0.277 e. The van der Waals surface area contributed by atoms with Gasteiger partial charge in [-0.1, -0.05) is 80.4 Å². The van der Waals surface area contributed by atoms with E-state index in [1.165, 1.54) is 12.4 Å². The summed E-state index contributed by atoms with van der Waals surface area (Å²) in [6, 6.07) is 21.5. The SMILES string of the molecule is O=C(COc1ccccc1C(=O)N/N=C\c1ccccc1Br)N/N=C/c1ccccc1Br. The second kappa shape index (κ2) is 11.9. The van der Waals surface area contributed by atoms with Gasteiger partial charge in [-0.2, -0.15) is 10.2 Å². The van der Waals surface area contributed by atoms with Crippen molar-refractivity contribution in [1.29, 1.82) is 0 Å². The Morgan fingerprint density at radius 2 is 1.31 bits per heavy atom. The topological polar surface area (TPSA) is 92.2 Å². The highest BCUT2D eigenvalue weighted by atomic mass is 79.9. The van der Waals surface area contributed by atoms with E-state index in [0.29, 0.717) is 0 Å². The van der Waals surface area contributed by atoms with Gasteiger partial charge in [0.05, 0.1) is 18.0 Å². The second-order valence-electron chi connectivity index (χ2n) is 6.32. The van der Waals surface area contributed by atoms with E-state index in [9.17, 15) is 9.59 Å². The highest BCUT2D eigenvalue weighted by Crippen LogP contribution is 2.18. The highest BCUT2D eigenvalue weighted by molar-refractivity contribution is 9.10. The van der Waals surface area contributed by atoms with E-state index in [-0.39, 0.29) is 17.9 Å². The Bertz CT molecular complexity index is 1170. The summed E-state index contributed by atoms with van der Waals surface area (Å²) in [7, 11) is 0. The van der Waals surface area contributed by atoms with Crippen molar-refractivity contribution in [3.8, 4) is 5.75 Å². The van der Waals surface area contributed by atoms with Gasteiger partial charge in [0.2, 0.25) is 0 Å². The van der Waals surface area contributed by atoms with E-state index in [2.05, 4.69) is 52.9 Å². The molecular weight excluding hydrogens is 540 g/mol. The summed E-state index contributed by atoms with van der Waals surface area (Å²) in [4.78, 5) is 24.5. The molecule has 32 heavy (non-hydrogen) atoms. The Kier molecular flexibility index (Phi) is 8.70. The molecule has 0 atom stereocenters. The van der Waals surface area contributed by atoms with Crippen molar-refractivity contribution in [3.05, 3.63) is 98.4 Å². The lowest BCUT2D eigenvalue weighted by Crippen LogP contribution is -2.26. The molecule has 162 valence electrons. The van der Waals surface area contributed by atoms with Crippen LogP contribution in [-0.2, 0) is 4.79 Å². The van der Waals surface area contributed by atoms with Crippen LogP contribution in [0.4, 0.5) is 0 Å². The number of benzene rings is 3. The lowest BCUT2D eigenvalue weighted by molar-refractivity contribution is -0.123. The van der Waals surface area contributed by atoms with Crippen molar-refractivity contribution in [2.24, 2.45) is 10.2 Å². The molecule has 2 amide bonds. The van der Waals surface area contributed by atoms with E-state index in [0.717, 1.165) is 20.1 Å². The average Bonchev–Trinajstić information content (AvgIpc) is 2.80. The number of rotatable bonds is 8. The largest absolute Gasteiger partial charge is 0.483 e. The maximum Gasteiger partial charge on any atom is 0.277 e. The fourth-order valence-electron chi connectivity index (χ4n) is 2.51. The van der Waals surface area contributed by atoms with Crippen LogP contribution in [0.2, 0.25) is 0 Å². The monoisotopic (exact) mass is 556 g/mol. The zero-order valence-electron chi connectivity index (χ0n) is 16.7. The minimum absolute atomic E-state index is 0.251. The maximum atomic E-state index is 12.5. The third kappa shape index (κ3) is 6.86. The molecule has 9 heteroatoms. The van der Waals surface area contributed by atoms with Gasteiger partial charge in [0.25, 0.3) is 11.8 Å². The predicted octanol–water partition coefficient (Wildman–Crippen LogP) is 4.50. The van der Waals surface area contributed by atoms with Crippen LogP contribution in [0.3, 0.4) is 0 Å². The van der Waals surface area contributed by atoms with Crippen molar-refractivity contribution in [3.63, 3.8) is 0 Å². The molecule has 0 aliphatic rings. The van der Waals surface area contributed by atoms with Crippen LogP contribution in [0.1, 0.15) is 21.5 Å². The standard InChI is InChI=1S/C23H18Br2N4O3/c24-19-10-4-1-7-16(19)13-26-28-22(30)15-32-21-12-6-3-9-18(21)23(31)29-27-14-17-8-2-5-11-20(17)25/h1-14H,15H2,(H,28,30)(H,29,31)/b26-13+,27-14-. The second-order valence-corrected chi connectivity index (χ2v) is 8.03. The Balaban J connectivity index is 1.55. The van der Waals surface area contributed by atoms with Gasteiger partial charge < -0.3 is 4.74 Å². The van der Waals surface area contributed by atoms with Crippen molar-refractivity contribution in [2.45, 2.75) is 0 Å². The molecule has 0 saturated heterocycles. The number of hydrazone groups is 2. The molecule has 0 unspecified atom stereocenters. The first-order valence-electron chi connectivity index (χ1n) is 9.41. The summed E-state index contributed by atoms with van der Waals surface area (Å²) in [6.07, 6.45) is 3.05. The number of halogens is 2. The number of carbonyl (C=O) groups is 2. The van der Waals surface area contributed by atoms with Crippen LogP contribution >= 0.6 is 31.9 Å². The minimum Gasteiger partial charge on any atom is -0.483 e. The van der Waals surface area contributed by atoms with Crippen LogP contribution < -0.4 is 15.6 Å². The fourth-order valence-corrected chi connectivity index (χ4v) is 3.28. The highest BCUT2D eigenvalue weighted by Gasteiger charge is 2.12. The summed E-state index contributed by atoms with van der Waals surface area (Å²) in [5.41, 5.74) is 6.74. The van der Waals surface area contributed by atoms with Gasteiger partial charge in [0.15, 0.2) is 6.61 Å². The first-order valence-corrected chi connectivity index (χ1v) is 11.0. The lowest BCUT2D eigenvalue weighted by atomic mass is 10.2. The first kappa shape index (κ1) is 23.4. The van der Waals surface area contributed by atoms with E-state index in [4.69, 9.17) is 4.74 Å². The molecule has 3 rings (SSSR count). The third-order valence-corrected chi connectivity index (χ3v) is 5.51. The zero-order chi connectivity index (χ0) is 22.8. The number of hydrogen-bond donors (Lipinski definition) is 2. The van der Waals surface area contributed by atoms with Gasteiger partial charge in [-0.3, -0.25) is 9.59 Å². The number of nitrogens with zero attached hydrogens (tertiary/aromatic N) is 2. The summed E-state index contributed by atoms with van der Waals surface area (Å²) in [5.74, 6) is -0.669. The van der Waals surface area contributed by atoms with Crippen molar-refractivity contribution in [2.75, 3.05) is 6.61 Å². The Labute approximate surface area is 201 Å². The van der Waals surface area contributed by atoms with Crippen molar-refractivity contribution in [1.82, 2.24) is 10.9 Å². The van der Waals surface area contributed by atoms with Gasteiger partial charge in [0.1, 0.15) is 5.75 Å². The molecule has 2 N–H and O–H groups in total.